The lowest BCUT2D eigenvalue weighted by molar-refractivity contribution is -0.288. The summed E-state index contributed by atoms with van der Waals surface area (Å²) in [7, 11) is 0. The molecule has 1 aliphatic rings. The molecule has 5 atom stereocenters. The Balaban J connectivity index is 1.78. The van der Waals surface area contributed by atoms with Crippen molar-refractivity contribution < 1.29 is 52.0 Å². The van der Waals surface area contributed by atoms with Gasteiger partial charge in [0.2, 0.25) is 12.4 Å². The standard InChI is InChI=1S/C27H25ClO12/c1-12(29)34-11-22-23(35-13(2)30)24(36-14(3)31)25(37-15(4)32)27(40-22)39-21-10-20-18(9-19(21)28)16-7-5-6-8-17(16)26(33)38-20/h5-10,22-25,27H,11H2,1-4H3/t22-,23-,24+,25-,27-/m0/s1. The monoisotopic (exact) mass is 576 g/mol. The molecule has 0 amide bonds. The highest BCUT2D eigenvalue weighted by Crippen LogP contribution is 2.36. The fraction of sp³-hybridized carbons (Fsp3) is 0.370. The van der Waals surface area contributed by atoms with Crippen LogP contribution in [-0.4, -0.2) is 61.2 Å². The van der Waals surface area contributed by atoms with Gasteiger partial charge in [-0.05, 0) is 17.5 Å². The predicted molar refractivity (Wildman–Crippen MR) is 138 cm³/mol. The van der Waals surface area contributed by atoms with E-state index in [4.69, 9.17) is 44.4 Å². The van der Waals surface area contributed by atoms with Crippen molar-refractivity contribution in [1.29, 1.82) is 0 Å². The van der Waals surface area contributed by atoms with E-state index in [0.29, 0.717) is 16.2 Å². The summed E-state index contributed by atoms with van der Waals surface area (Å²) in [5.74, 6) is -3.04. The van der Waals surface area contributed by atoms with E-state index in [2.05, 4.69) is 0 Å². The topological polar surface area (TPSA) is 154 Å². The van der Waals surface area contributed by atoms with Crippen LogP contribution < -0.4 is 10.4 Å². The highest BCUT2D eigenvalue weighted by molar-refractivity contribution is 6.33. The highest BCUT2D eigenvalue weighted by Gasteiger charge is 2.53. The van der Waals surface area contributed by atoms with Crippen molar-refractivity contribution in [2.45, 2.75) is 58.4 Å². The van der Waals surface area contributed by atoms with Crippen LogP contribution in [0.1, 0.15) is 27.7 Å². The maximum atomic E-state index is 12.5. The minimum atomic E-state index is -1.51. The third kappa shape index (κ3) is 6.35. The van der Waals surface area contributed by atoms with Crippen LogP contribution in [0.4, 0.5) is 0 Å². The maximum Gasteiger partial charge on any atom is 0.344 e. The van der Waals surface area contributed by atoms with Gasteiger partial charge in [-0.1, -0.05) is 29.8 Å². The Morgan fingerprint density at radius 1 is 0.800 bits per heavy atom. The van der Waals surface area contributed by atoms with Gasteiger partial charge in [-0.2, -0.15) is 0 Å². The van der Waals surface area contributed by atoms with Crippen molar-refractivity contribution in [3.8, 4) is 5.75 Å². The molecular weight excluding hydrogens is 552 g/mol. The zero-order valence-electron chi connectivity index (χ0n) is 21.8. The quantitative estimate of drug-likeness (QED) is 0.176. The number of halogens is 1. The van der Waals surface area contributed by atoms with Gasteiger partial charge in [0.15, 0.2) is 12.2 Å². The molecule has 1 aromatic heterocycles. The third-order valence-electron chi connectivity index (χ3n) is 5.87. The zero-order valence-corrected chi connectivity index (χ0v) is 22.6. The van der Waals surface area contributed by atoms with E-state index >= 15 is 0 Å². The summed E-state index contributed by atoms with van der Waals surface area (Å²) in [5, 5.41) is 1.59. The molecule has 4 rings (SSSR count). The molecule has 2 heterocycles. The first-order valence-corrected chi connectivity index (χ1v) is 12.4. The zero-order chi connectivity index (χ0) is 29.1. The molecule has 0 N–H and O–H groups in total. The van der Waals surface area contributed by atoms with E-state index in [1.165, 1.54) is 12.1 Å². The van der Waals surface area contributed by atoms with E-state index in [9.17, 15) is 24.0 Å². The van der Waals surface area contributed by atoms with E-state index in [0.717, 1.165) is 27.7 Å². The molecule has 0 spiro atoms. The first-order valence-electron chi connectivity index (χ1n) is 12.1. The molecule has 0 saturated carbocycles. The van der Waals surface area contributed by atoms with E-state index < -0.39 is 66.8 Å². The fourth-order valence-electron chi connectivity index (χ4n) is 4.38. The van der Waals surface area contributed by atoms with Crippen LogP contribution in [0.5, 0.6) is 5.75 Å². The molecule has 12 nitrogen and oxygen atoms in total. The number of esters is 4. The summed E-state index contributed by atoms with van der Waals surface area (Å²) < 4.78 is 38.6. The number of carbonyl (C=O) groups is 4. The number of hydrogen-bond donors (Lipinski definition) is 0. The van der Waals surface area contributed by atoms with Gasteiger partial charge in [0.05, 0.1) is 10.4 Å². The molecular formula is C27H25ClO12. The van der Waals surface area contributed by atoms with E-state index in [1.54, 1.807) is 24.3 Å². The van der Waals surface area contributed by atoms with Gasteiger partial charge in [0.1, 0.15) is 24.0 Å². The van der Waals surface area contributed by atoms with Crippen LogP contribution in [0.25, 0.3) is 21.7 Å². The smallest absolute Gasteiger partial charge is 0.344 e. The van der Waals surface area contributed by atoms with Crippen LogP contribution in [0.15, 0.2) is 45.6 Å². The average molecular weight is 577 g/mol. The summed E-state index contributed by atoms with van der Waals surface area (Å²) >= 11 is 6.54. The van der Waals surface area contributed by atoms with Crippen LogP contribution >= 0.6 is 11.6 Å². The molecule has 40 heavy (non-hydrogen) atoms. The van der Waals surface area contributed by atoms with Crippen molar-refractivity contribution in [3.63, 3.8) is 0 Å². The van der Waals surface area contributed by atoms with Gasteiger partial charge in [0, 0.05) is 39.1 Å². The predicted octanol–water partition coefficient (Wildman–Crippen LogP) is 3.06. The summed E-state index contributed by atoms with van der Waals surface area (Å²) in [4.78, 5) is 60.0. The number of carbonyl (C=O) groups excluding carboxylic acids is 4. The largest absolute Gasteiger partial charge is 0.463 e. The summed E-state index contributed by atoms with van der Waals surface area (Å²) in [6, 6.07) is 9.72. The van der Waals surface area contributed by atoms with Crippen molar-refractivity contribution in [1.82, 2.24) is 0 Å². The molecule has 0 bridgehead atoms. The molecule has 1 aliphatic heterocycles. The Hall–Kier alpha value is -4.16. The SMILES string of the molecule is CC(=O)OC[C@@H]1O[C@H](Oc2cc3oc(=O)c4ccccc4c3cc2Cl)[C@@H](OC(C)=O)[C@H](OC(C)=O)[C@H]1OC(C)=O. The Kier molecular flexibility index (Phi) is 8.60. The fourth-order valence-corrected chi connectivity index (χ4v) is 4.59. The lowest BCUT2D eigenvalue weighted by Gasteiger charge is -2.43. The minimum Gasteiger partial charge on any atom is -0.463 e. The average Bonchev–Trinajstić information content (AvgIpc) is 2.87. The molecule has 212 valence electrons. The summed E-state index contributed by atoms with van der Waals surface area (Å²) in [6.07, 6.45) is -6.96. The van der Waals surface area contributed by atoms with Gasteiger partial charge in [-0.3, -0.25) is 19.2 Å². The molecule has 3 aromatic rings. The Morgan fingerprint density at radius 3 is 2.02 bits per heavy atom. The minimum absolute atomic E-state index is 0.0338. The second-order valence-corrected chi connectivity index (χ2v) is 9.31. The Bertz CT molecular complexity index is 1530. The molecule has 1 saturated heterocycles. The molecule has 0 unspecified atom stereocenters. The molecule has 13 heteroatoms. The third-order valence-corrected chi connectivity index (χ3v) is 6.16. The molecule has 2 aromatic carbocycles. The molecule has 0 aliphatic carbocycles. The van der Waals surface area contributed by atoms with E-state index in [1.807, 2.05) is 0 Å². The lowest BCUT2D eigenvalue weighted by Crippen LogP contribution is -2.63. The first kappa shape index (κ1) is 28.8. The number of fused-ring (bicyclic) bond motifs is 3. The van der Waals surface area contributed by atoms with Crippen LogP contribution in [-0.2, 0) is 42.9 Å². The van der Waals surface area contributed by atoms with Crippen LogP contribution in [0.2, 0.25) is 5.02 Å². The summed E-state index contributed by atoms with van der Waals surface area (Å²) in [5.41, 5.74) is -0.433. The second-order valence-electron chi connectivity index (χ2n) is 8.90. The highest BCUT2D eigenvalue weighted by atomic mass is 35.5. The number of benzene rings is 2. The molecule has 1 fully saturated rings. The van der Waals surface area contributed by atoms with Crippen molar-refractivity contribution in [2.24, 2.45) is 0 Å². The van der Waals surface area contributed by atoms with Crippen molar-refractivity contribution in [2.75, 3.05) is 6.61 Å². The van der Waals surface area contributed by atoms with Crippen molar-refractivity contribution >= 4 is 57.2 Å². The number of rotatable bonds is 7. The first-order chi connectivity index (χ1) is 18.9. The molecule has 0 radical (unpaired) electrons. The second kappa shape index (κ2) is 11.9. The van der Waals surface area contributed by atoms with Crippen molar-refractivity contribution in [3.05, 3.63) is 51.8 Å². The lowest BCUT2D eigenvalue weighted by atomic mass is 9.98. The normalized spacial score (nSPS) is 22.4. The summed E-state index contributed by atoms with van der Waals surface area (Å²) in [6.45, 7) is 4.06. The van der Waals surface area contributed by atoms with Gasteiger partial charge < -0.3 is 32.8 Å². The Labute approximate surface area is 231 Å². The Morgan fingerprint density at radius 2 is 1.40 bits per heavy atom. The maximum absolute atomic E-state index is 12.5. The van der Waals surface area contributed by atoms with Gasteiger partial charge >= 0.3 is 29.5 Å². The number of hydrogen-bond acceptors (Lipinski definition) is 12. The van der Waals surface area contributed by atoms with Crippen LogP contribution in [0, 0.1) is 0 Å². The van der Waals surface area contributed by atoms with Gasteiger partial charge in [-0.15, -0.1) is 0 Å². The van der Waals surface area contributed by atoms with E-state index in [-0.39, 0.29) is 16.4 Å². The van der Waals surface area contributed by atoms with Gasteiger partial charge in [-0.25, -0.2) is 4.79 Å². The number of ether oxygens (including phenoxy) is 6. The van der Waals surface area contributed by atoms with Gasteiger partial charge in [0.25, 0.3) is 0 Å². The van der Waals surface area contributed by atoms with Crippen LogP contribution in [0.3, 0.4) is 0 Å².